The molecule has 1 atom stereocenters. The third kappa shape index (κ3) is 4.00. The van der Waals surface area contributed by atoms with E-state index in [9.17, 15) is 0 Å². The minimum Gasteiger partial charge on any atom is -0.356 e. The lowest BCUT2D eigenvalue weighted by Crippen LogP contribution is -2.44. The van der Waals surface area contributed by atoms with Crippen molar-refractivity contribution in [1.29, 1.82) is 0 Å². The molecule has 2 saturated heterocycles. The molecule has 4 heteroatoms. The Kier molecular flexibility index (Phi) is 4.98. The van der Waals surface area contributed by atoms with Crippen LogP contribution in [0.15, 0.2) is 35.3 Å². The Bertz CT molecular complexity index is 587. The van der Waals surface area contributed by atoms with Crippen molar-refractivity contribution in [1.82, 2.24) is 15.1 Å². The summed E-state index contributed by atoms with van der Waals surface area (Å²) in [5, 5.41) is 3.70. The van der Waals surface area contributed by atoms with E-state index in [0.717, 1.165) is 31.6 Å². The Morgan fingerprint density at radius 2 is 1.92 bits per heavy atom. The molecule has 1 N–H and O–H groups in total. The minimum atomic E-state index is 0.450. The average molecular weight is 341 g/mol. The van der Waals surface area contributed by atoms with Gasteiger partial charge in [-0.1, -0.05) is 30.3 Å². The molecule has 0 radical (unpaired) electrons. The molecule has 1 aromatic rings. The van der Waals surface area contributed by atoms with Crippen LogP contribution in [0.3, 0.4) is 0 Å². The van der Waals surface area contributed by atoms with Crippen LogP contribution in [0.1, 0.15) is 37.7 Å². The topological polar surface area (TPSA) is 30.9 Å². The van der Waals surface area contributed by atoms with Crippen LogP contribution in [0.2, 0.25) is 0 Å². The lowest BCUT2D eigenvalue weighted by atomic mass is 9.96. The van der Waals surface area contributed by atoms with Gasteiger partial charge in [-0.3, -0.25) is 9.89 Å². The molecular weight excluding hydrogens is 308 g/mol. The van der Waals surface area contributed by atoms with E-state index in [4.69, 9.17) is 0 Å². The summed E-state index contributed by atoms with van der Waals surface area (Å²) in [5.41, 5.74) is 1.91. The van der Waals surface area contributed by atoms with Gasteiger partial charge in [0.15, 0.2) is 5.96 Å². The van der Waals surface area contributed by atoms with E-state index in [1.54, 1.807) is 0 Å². The molecule has 1 unspecified atom stereocenters. The molecule has 2 aliphatic heterocycles. The van der Waals surface area contributed by atoms with Crippen LogP contribution < -0.4 is 5.32 Å². The Hall–Kier alpha value is -1.55. The number of hydrogen-bond donors (Lipinski definition) is 1. The molecule has 0 amide bonds. The standard InChI is InChI=1S/C21H32N4/c1-22-20(25-14-9-19(16-25)24-12-5-6-13-24)23-17-21(10-11-21)15-18-7-3-2-4-8-18/h2-4,7-8,19H,5-6,9-17H2,1H3,(H,22,23). The highest BCUT2D eigenvalue weighted by molar-refractivity contribution is 5.80. The zero-order valence-corrected chi connectivity index (χ0v) is 15.6. The monoisotopic (exact) mass is 340 g/mol. The molecule has 0 bridgehead atoms. The molecule has 1 aliphatic carbocycles. The summed E-state index contributed by atoms with van der Waals surface area (Å²) in [6.45, 7) is 5.94. The highest BCUT2D eigenvalue weighted by Crippen LogP contribution is 2.47. The minimum absolute atomic E-state index is 0.450. The number of nitrogens with one attached hydrogen (secondary N) is 1. The summed E-state index contributed by atoms with van der Waals surface area (Å²) in [6.07, 6.45) is 7.91. The van der Waals surface area contributed by atoms with E-state index in [2.05, 4.69) is 50.4 Å². The van der Waals surface area contributed by atoms with Gasteiger partial charge in [-0.25, -0.2) is 0 Å². The maximum absolute atomic E-state index is 4.58. The van der Waals surface area contributed by atoms with E-state index < -0.39 is 0 Å². The summed E-state index contributed by atoms with van der Waals surface area (Å²) in [4.78, 5) is 9.74. The van der Waals surface area contributed by atoms with Gasteiger partial charge in [0.2, 0.25) is 0 Å². The molecule has 4 rings (SSSR count). The van der Waals surface area contributed by atoms with E-state index in [0.29, 0.717) is 5.41 Å². The molecule has 0 spiro atoms. The van der Waals surface area contributed by atoms with Gasteiger partial charge in [-0.2, -0.15) is 0 Å². The van der Waals surface area contributed by atoms with E-state index in [1.807, 2.05) is 7.05 Å². The third-order valence-electron chi connectivity index (χ3n) is 6.33. The Morgan fingerprint density at radius 3 is 2.60 bits per heavy atom. The average Bonchev–Trinajstić information content (AvgIpc) is 3.07. The van der Waals surface area contributed by atoms with Crippen LogP contribution >= 0.6 is 0 Å². The van der Waals surface area contributed by atoms with E-state index in [-0.39, 0.29) is 0 Å². The summed E-state index contributed by atoms with van der Waals surface area (Å²) in [6, 6.07) is 11.7. The molecule has 1 aromatic carbocycles. The molecule has 3 aliphatic rings. The van der Waals surface area contributed by atoms with Crippen molar-refractivity contribution in [2.24, 2.45) is 10.4 Å². The van der Waals surface area contributed by atoms with Gasteiger partial charge in [0, 0.05) is 32.7 Å². The Balaban J connectivity index is 1.29. The number of benzene rings is 1. The second-order valence-corrected chi connectivity index (χ2v) is 8.19. The zero-order valence-electron chi connectivity index (χ0n) is 15.6. The highest BCUT2D eigenvalue weighted by Gasteiger charge is 2.42. The fourth-order valence-electron chi connectivity index (χ4n) is 4.56. The SMILES string of the molecule is CN=C(NCC1(Cc2ccccc2)CC1)N1CCC(N2CCCC2)C1. The van der Waals surface area contributed by atoms with Crippen LogP contribution in [-0.4, -0.2) is 61.6 Å². The number of likely N-dealkylation sites (tertiary alicyclic amines) is 2. The van der Waals surface area contributed by atoms with E-state index >= 15 is 0 Å². The summed E-state index contributed by atoms with van der Waals surface area (Å²) in [5.74, 6) is 1.11. The van der Waals surface area contributed by atoms with Gasteiger partial charge in [-0.15, -0.1) is 0 Å². The van der Waals surface area contributed by atoms with Crippen molar-refractivity contribution in [3.63, 3.8) is 0 Å². The fraction of sp³-hybridized carbons (Fsp3) is 0.667. The summed E-state index contributed by atoms with van der Waals surface area (Å²) in [7, 11) is 1.93. The molecule has 3 fully saturated rings. The van der Waals surface area contributed by atoms with E-state index in [1.165, 1.54) is 57.2 Å². The molecule has 4 nitrogen and oxygen atoms in total. The first-order valence-electron chi connectivity index (χ1n) is 10.0. The van der Waals surface area contributed by atoms with Crippen LogP contribution in [0.5, 0.6) is 0 Å². The first-order valence-corrected chi connectivity index (χ1v) is 10.0. The second kappa shape index (κ2) is 7.36. The lowest BCUT2D eigenvalue weighted by molar-refractivity contribution is 0.249. The highest BCUT2D eigenvalue weighted by atomic mass is 15.3. The molecule has 0 aromatic heterocycles. The molecule has 1 saturated carbocycles. The lowest BCUT2D eigenvalue weighted by Gasteiger charge is -2.26. The largest absolute Gasteiger partial charge is 0.356 e. The van der Waals surface area contributed by atoms with Crippen LogP contribution in [0, 0.1) is 5.41 Å². The maximum Gasteiger partial charge on any atom is 0.193 e. The van der Waals surface area contributed by atoms with Crippen molar-refractivity contribution in [2.45, 2.75) is 44.6 Å². The predicted octanol–water partition coefficient (Wildman–Crippen LogP) is 2.75. The third-order valence-corrected chi connectivity index (χ3v) is 6.33. The molecule has 136 valence electrons. The fourth-order valence-corrected chi connectivity index (χ4v) is 4.56. The van der Waals surface area contributed by atoms with Crippen molar-refractivity contribution in [3.8, 4) is 0 Å². The summed E-state index contributed by atoms with van der Waals surface area (Å²) < 4.78 is 0. The van der Waals surface area contributed by atoms with Gasteiger partial charge in [0.05, 0.1) is 0 Å². The predicted molar refractivity (Wildman–Crippen MR) is 104 cm³/mol. The number of rotatable bonds is 5. The Morgan fingerprint density at radius 1 is 1.16 bits per heavy atom. The number of nitrogens with zero attached hydrogens (tertiary/aromatic N) is 3. The van der Waals surface area contributed by atoms with Gasteiger partial charge in [0.1, 0.15) is 0 Å². The van der Waals surface area contributed by atoms with Gasteiger partial charge in [-0.05, 0) is 62.6 Å². The smallest absolute Gasteiger partial charge is 0.193 e. The Labute approximate surface area is 152 Å². The van der Waals surface area contributed by atoms with Crippen molar-refractivity contribution < 1.29 is 0 Å². The number of aliphatic imine (C=N–C) groups is 1. The number of guanidine groups is 1. The van der Waals surface area contributed by atoms with Crippen molar-refractivity contribution in [2.75, 3.05) is 39.8 Å². The number of hydrogen-bond acceptors (Lipinski definition) is 2. The van der Waals surface area contributed by atoms with Crippen LogP contribution in [0.25, 0.3) is 0 Å². The maximum atomic E-state index is 4.58. The van der Waals surface area contributed by atoms with Crippen molar-refractivity contribution >= 4 is 5.96 Å². The quantitative estimate of drug-likeness (QED) is 0.660. The molecular formula is C21H32N4. The van der Waals surface area contributed by atoms with Gasteiger partial charge in [0.25, 0.3) is 0 Å². The first-order chi connectivity index (χ1) is 12.3. The van der Waals surface area contributed by atoms with Crippen molar-refractivity contribution in [3.05, 3.63) is 35.9 Å². The van der Waals surface area contributed by atoms with Gasteiger partial charge < -0.3 is 10.2 Å². The van der Waals surface area contributed by atoms with Crippen LogP contribution in [0.4, 0.5) is 0 Å². The summed E-state index contributed by atoms with van der Waals surface area (Å²) >= 11 is 0. The zero-order chi connectivity index (χ0) is 17.1. The van der Waals surface area contributed by atoms with Gasteiger partial charge >= 0.3 is 0 Å². The first kappa shape index (κ1) is 16.9. The van der Waals surface area contributed by atoms with Crippen LogP contribution in [-0.2, 0) is 6.42 Å². The molecule has 2 heterocycles. The molecule has 25 heavy (non-hydrogen) atoms. The second-order valence-electron chi connectivity index (χ2n) is 8.19. The normalized spacial score (nSPS) is 26.2.